The summed E-state index contributed by atoms with van der Waals surface area (Å²) in [6.07, 6.45) is 48.1. The maximum Gasteiger partial charge on any atom is 0.305 e. The largest absolute Gasteiger partial charge is 0.466 e. The Morgan fingerprint density at radius 2 is 0.895 bits per heavy atom. The van der Waals surface area contributed by atoms with E-state index < -0.39 is 0 Å². The van der Waals surface area contributed by atoms with E-state index in [0.29, 0.717) is 30.9 Å². The Bertz CT molecular complexity index is 846. The first-order valence-corrected chi connectivity index (χ1v) is 26.2. The normalized spacial score (nSPS) is 13.8. The fourth-order valence-electron chi connectivity index (χ4n) is 9.23. The lowest BCUT2D eigenvalue weighted by Crippen LogP contribution is -2.41. The molecule has 1 fully saturated rings. The Morgan fingerprint density at radius 3 is 1.42 bits per heavy atom. The summed E-state index contributed by atoms with van der Waals surface area (Å²) in [4.78, 5) is 31.7. The van der Waals surface area contributed by atoms with Crippen LogP contribution in [-0.2, 0) is 14.3 Å². The number of esters is 1. The van der Waals surface area contributed by atoms with Gasteiger partial charge in [-0.15, -0.1) is 0 Å². The third-order valence-corrected chi connectivity index (χ3v) is 13.1. The molecule has 338 valence electrons. The summed E-state index contributed by atoms with van der Waals surface area (Å²) in [5.41, 5.74) is 0. The molecule has 57 heavy (non-hydrogen) atoms. The van der Waals surface area contributed by atoms with Crippen LogP contribution in [0, 0.1) is 5.92 Å². The summed E-state index contributed by atoms with van der Waals surface area (Å²) in [7, 11) is 0. The van der Waals surface area contributed by atoms with Crippen LogP contribution in [0.5, 0.6) is 0 Å². The molecule has 0 aromatic carbocycles. The molecule has 0 spiro atoms. The maximum atomic E-state index is 14.0. The van der Waals surface area contributed by atoms with Gasteiger partial charge in [0.05, 0.1) is 6.61 Å². The predicted molar refractivity (Wildman–Crippen MR) is 249 cm³/mol. The number of carbonyl (C=O) groups is 2. The van der Waals surface area contributed by atoms with Gasteiger partial charge in [0.2, 0.25) is 5.91 Å². The number of ether oxygens (including phenoxy) is 1. The zero-order valence-corrected chi connectivity index (χ0v) is 39.4. The molecule has 0 N–H and O–H groups in total. The standard InChI is InChI=1S/C52H102N2O3/c1-5-9-13-17-19-21-23-29-39-50(54(47-33-26-22-20-18-14-10-6-2)51(55)41-32-34-44-53-45-35-36-46-53)40-30-24-25-31-42-52(56)57-48-43-49(37-27-15-11-7-3)38-28-16-12-8-4/h49-50H,5-48H2,1-4H3. The second kappa shape index (κ2) is 41.6. The first-order valence-electron chi connectivity index (χ1n) is 26.2. The molecule has 0 saturated carbocycles. The number of amides is 1. The van der Waals surface area contributed by atoms with Gasteiger partial charge < -0.3 is 14.5 Å². The average molecular weight is 803 g/mol. The molecule has 0 radical (unpaired) electrons. The van der Waals surface area contributed by atoms with Crippen molar-refractivity contribution in [3.63, 3.8) is 0 Å². The molecule has 5 nitrogen and oxygen atoms in total. The van der Waals surface area contributed by atoms with E-state index in [4.69, 9.17) is 4.74 Å². The van der Waals surface area contributed by atoms with E-state index in [1.165, 1.54) is 193 Å². The molecule has 0 aliphatic carbocycles. The molecular weight excluding hydrogens is 701 g/mol. The number of hydrogen-bond donors (Lipinski definition) is 0. The Hall–Kier alpha value is -1.10. The summed E-state index contributed by atoms with van der Waals surface area (Å²) < 4.78 is 5.78. The minimum Gasteiger partial charge on any atom is -0.466 e. The van der Waals surface area contributed by atoms with Crippen LogP contribution >= 0.6 is 0 Å². The van der Waals surface area contributed by atoms with Crippen LogP contribution in [0.1, 0.15) is 278 Å². The Labute approximate surface area is 357 Å². The molecule has 1 aliphatic heterocycles. The lowest BCUT2D eigenvalue weighted by molar-refractivity contribution is -0.144. The summed E-state index contributed by atoms with van der Waals surface area (Å²) in [6, 6.07) is 0.377. The van der Waals surface area contributed by atoms with E-state index in [0.717, 1.165) is 77.2 Å². The van der Waals surface area contributed by atoms with E-state index in [9.17, 15) is 9.59 Å². The smallest absolute Gasteiger partial charge is 0.305 e. The molecule has 1 atom stereocenters. The van der Waals surface area contributed by atoms with Gasteiger partial charge in [-0.25, -0.2) is 0 Å². The summed E-state index contributed by atoms with van der Waals surface area (Å²) in [5, 5.41) is 0. The second-order valence-corrected chi connectivity index (χ2v) is 18.5. The van der Waals surface area contributed by atoms with Gasteiger partial charge in [-0.2, -0.15) is 0 Å². The Morgan fingerprint density at radius 1 is 0.474 bits per heavy atom. The Kier molecular flexibility index (Phi) is 39.4. The summed E-state index contributed by atoms with van der Waals surface area (Å²) >= 11 is 0. The van der Waals surface area contributed by atoms with Crippen molar-refractivity contribution in [3.05, 3.63) is 0 Å². The van der Waals surface area contributed by atoms with E-state index in [1.807, 2.05) is 0 Å². The van der Waals surface area contributed by atoms with E-state index in [1.54, 1.807) is 0 Å². The SMILES string of the molecule is CCCCCCCCCCC(CCCCCCC(=O)OCCC(CCCCCC)CCCCCC)N(CCCCCCCCCC)C(=O)CCCCN1CCCC1. The van der Waals surface area contributed by atoms with Gasteiger partial charge in [0.15, 0.2) is 0 Å². The van der Waals surface area contributed by atoms with Crippen molar-refractivity contribution < 1.29 is 14.3 Å². The van der Waals surface area contributed by atoms with Crippen molar-refractivity contribution in [3.8, 4) is 0 Å². The molecule has 0 aromatic rings. The molecule has 1 saturated heterocycles. The fraction of sp³-hybridized carbons (Fsp3) is 0.962. The highest BCUT2D eigenvalue weighted by atomic mass is 16.5. The van der Waals surface area contributed by atoms with E-state index in [2.05, 4.69) is 37.5 Å². The van der Waals surface area contributed by atoms with Crippen LogP contribution in [-0.4, -0.2) is 60.5 Å². The van der Waals surface area contributed by atoms with Crippen molar-refractivity contribution >= 4 is 11.9 Å². The Balaban J connectivity index is 2.63. The van der Waals surface area contributed by atoms with Crippen molar-refractivity contribution in [2.45, 2.75) is 284 Å². The molecule has 1 rings (SSSR count). The zero-order valence-electron chi connectivity index (χ0n) is 39.4. The van der Waals surface area contributed by atoms with Gasteiger partial charge >= 0.3 is 5.97 Å². The molecule has 1 unspecified atom stereocenters. The number of carbonyl (C=O) groups excluding carboxylic acids is 2. The van der Waals surface area contributed by atoms with Gasteiger partial charge in [-0.3, -0.25) is 9.59 Å². The van der Waals surface area contributed by atoms with Crippen LogP contribution in [0.25, 0.3) is 0 Å². The fourth-order valence-corrected chi connectivity index (χ4v) is 9.23. The molecular formula is C52H102N2O3. The molecule has 0 bridgehead atoms. The molecule has 1 amide bonds. The van der Waals surface area contributed by atoms with Crippen molar-refractivity contribution in [2.24, 2.45) is 5.92 Å². The second-order valence-electron chi connectivity index (χ2n) is 18.5. The molecule has 1 aliphatic rings. The van der Waals surface area contributed by atoms with Crippen molar-refractivity contribution in [1.29, 1.82) is 0 Å². The van der Waals surface area contributed by atoms with Crippen LogP contribution in [0.15, 0.2) is 0 Å². The summed E-state index contributed by atoms with van der Waals surface area (Å²) in [6.45, 7) is 14.4. The highest BCUT2D eigenvalue weighted by molar-refractivity contribution is 5.76. The average Bonchev–Trinajstić information content (AvgIpc) is 3.74. The van der Waals surface area contributed by atoms with Gasteiger partial charge in [-0.1, -0.05) is 207 Å². The van der Waals surface area contributed by atoms with Gasteiger partial charge in [0, 0.05) is 25.4 Å². The van der Waals surface area contributed by atoms with Crippen LogP contribution in [0.3, 0.4) is 0 Å². The third kappa shape index (κ3) is 33.3. The maximum absolute atomic E-state index is 14.0. The minimum atomic E-state index is 0.00477. The lowest BCUT2D eigenvalue weighted by atomic mass is 9.92. The zero-order chi connectivity index (χ0) is 41.3. The van der Waals surface area contributed by atoms with Crippen LogP contribution in [0.4, 0.5) is 0 Å². The van der Waals surface area contributed by atoms with E-state index in [-0.39, 0.29) is 5.97 Å². The predicted octanol–water partition coefficient (Wildman–Crippen LogP) is 16.0. The van der Waals surface area contributed by atoms with Crippen molar-refractivity contribution in [2.75, 3.05) is 32.8 Å². The lowest BCUT2D eigenvalue weighted by Gasteiger charge is -2.33. The number of rotatable bonds is 44. The highest BCUT2D eigenvalue weighted by Crippen LogP contribution is 2.24. The topological polar surface area (TPSA) is 49.9 Å². The number of hydrogen-bond acceptors (Lipinski definition) is 4. The van der Waals surface area contributed by atoms with Crippen LogP contribution in [0.2, 0.25) is 0 Å². The summed E-state index contributed by atoms with van der Waals surface area (Å²) in [5.74, 6) is 1.14. The minimum absolute atomic E-state index is 0.00477. The quantitative estimate of drug-likeness (QED) is 0.0455. The molecule has 1 heterocycles. The number of nitrogens with zero attached hydrogens (tertiary/aromatic N) is 2. The third-order valence-electron chi connectivity index (χ3n) is 13.1. The number of unbranched alkanes of at least 4 members (excludes halogenated alkanes) is 24. The molecule has 5 heteroatoms. The van der Waals surface area contributed by atoms with Gasteiger partial charge in [0.25, 0.3) is 0 Å². The first-order chi connectivity index (χ1) is 28.0. The highest BCUT2D eigenvalue weighted by Gasteiger charge is 2.23. The molecule has 0 aromatic heterocycles. The van der Waals surface area contributed by atoms with Crippen molar-refractivity contribution in [1.82, 2.24) is 9.80 Å². The first kappa shape index (κ1) is 53.9. The van der Waals surface area contributed by atoms with E-state index >= 15 is 0 Å². The monoisotopic (exact) mass is 803 g/mol. The van der Waals surface area contributed by atoms with Gasteiger partial charge in [0.1, 0.15) is 0 Å². The van der Waals surface area contributed by atoms with Crippen LogP contribution < -0.4 is 0 Å². The number of likely N-dealkylation sites (tertiary alicyclic amines) is 1. The van der Waals surface area contributed by atoms with Gasteiger partial charge in [-0.05, 0) is 83.3 Å².